The van der Waals surface area contributed by atoms with E-state index in [0.29, 0.717) is 23.0 Å². The molecule has 0 amide bonds. The summed E-state index contributed by atoms with van der Waals surface area (Å²) in [5.74, 6) is 0.376. The number of nitrogens with two attached hydrogens (primary N) is 1. The average molecular weight is 333 g/mol. The largest absolute Gasteiger partial charge is 0.326 e. The van der Waals surface area contributed by atoms with Crippen molar-refractivity contribution in [2.45, 2.75) is 51.0 Å². The molecule has 0 aliphatic carbocycles. The third kappa shape index (κ3) is 5.58. The second-order valence-electron chi connectivity index (χ2n) is 5.23. The van der Waals surface area contributed by atoms with Gasteiger partial charge in [0.15, 0.2) is 0 Å². The van der Waals surface area contributed by atoms with Gasteiger partial charge in [0.05, 0.1) is 4.90 Å². The number of hydrogen-bond donors (Lipinski definition) is 2. The lowest BCUT2D eigenvalue weighted by atomic mass is 10.00. The van der Waals surface area contributed by atoms with Gasteiger partial charge in [-0.15, -0.1) is 0 Å². The highest BCUT2D eigenvalue weighted by Gasteiger charge is 2.17. The Morgan fingerprint density at radius 1 is 1.33 bits per heavy atom. The standard InChI is InChI=1S/C15H25ClN2O2S/c1-3-5-6-12(4-2)11-18-21(19,20)14-7-8-15(16)13(9-14)10-17/h7-9,12,18H,3-6,10-11,17H2,1-2H3. The molecule has 1 rings (SSSR count). The Balaban J connectivity index is 2.77. The molecule has 0 fully saturated rings. The lowest BCUT2D eigenvalue weighted by molar-refractivity contribution is 0.443. The van der Waals surface area contributed by atoms with E-state index in [-0.39, 0.29) is 11.4 Å². The van der Waals surface area contributed by atoms with Crippen LogP contribution in [0.4, 0.5) is 0 Å². The number of nitrogens with one attached hydrogen (secondary N) is 1. The number of hydrogen-bond acceptors (Lipinski definition) is 3. The maximum absolute atomic E-state index is 12.3. The molecule has 0 heterocycles. The predicted octanol–water partition coefficient (Wildman–Crippen LogP) is 3.29. The topological polar surface area (TPSA) is 72.2 Å². The zero-order chi connectivity index (χ0) is 15.9. The first-order valence-corrected chi connectivity index (χ1v) is 9.28. The smallest absolute Gasteiger partial charge is 0.240 e. The zero-order valence-electron chi connectivity index (χ0n) is 12.7. The lowest BCUT2D eigenvalue weighted by Crippen LogP contribution is -2.29. The summed E-state index contributed by atoms with van der Waals surface area (Å²) in [5.41, 5.74) is 6.20. The summed E-state index contributed by atoms with van der Waals surface area (Å²) in [4.78, 5) is 0.220. The Morgan fingerprint density at radius 2 is 2.05 bits per heavy atom. The van der Waals surface area contributed by atoms with E-state index >= 15 is 0 Å². The fraction of sp³-hybridized carbons (Fsp3) is 0.600. The molecule has 0 saturated carbocycles. The van der Waals surface area contributed by atoms with Crippen LogP contribution < -0.4 is 10.5 Å². The maximum atomic E-state index is 12.3. The van der Waals surface area contributed by atoms with Crippen molar-refractivity contribution in [3.05, 3.63) is 28.8 Å². The van der Waals surface area contributed by atoms with Crippen LogP contribution in [0.3, 0.4) is 0 Å². The first-order chi connectivity index (χ1) is 9.94. The van der Waals surface area contributed by atoms with Gasteiger partial charge in [0.25, 0.3) is 0 Å². The maximum Gasteiger partial charge on any atom is 0.240 e. The summed E-state index contributed by atoms with van der Waals surface area (Å²) < 4.78 is 27.3. The van der Waals surface area contributed by atoms with Crippen LogP contribution >= 0.6 is 11.6 Å². The number of unbranched alkanes of at least 4 members (excludes halogenated alkanes) is 1. The average Bonchev–Trinajstić information content (AvgIpc) is 2.47. The van der Waals surface area contributed by atoms with Gasteiger partial charge in [-0.2, -0.15) is 0 Å². The van der Waals surface area contributed by atoms with E-state index < -0.39 is 10.0 Å². The van der Waals surface area contributed by atoms with Crippen LogP contribution in [0.15, 0.2) is 23.1 Å². The van der Waals surface area contributed by atoms with Crippen molar-refractivity contribution in [1.29, 1.82) is 0 Å². The summed E-state index contributed by atoms with van der Waals surface area (Å²) in [5, 5.41) is 0.492. The van der Waals surface area contributed by atoms with Crippen molar-refractivity contribution in [3.63, 3.8) is 0 Å². The first kappa shape index (κ1) is 18.4. The highest BCUT2D eigenvalue weighted by atomic mass is 35.5. The van der Waals surface area contributed by atoms with Crippen LogP contribution in [0.2, 0.25) is 5.02 Å². The second kappa shape index (κ2) is 8.73. The summed E-state index contributed by atoms with van der Waals surface area (Å²) in [6, 6.07) is 4.63. The van der Waals surface area contributed by atoms with Crippen molar-refractivity contribution in [3.8, 4) is 0 Å². The summed E-state index contributed by atoms with van der Waals surface area (Å²) in [7, 11) is -3.50. The van der Waals surface area contributed by atoms with Gasteiger partial charge >= 0.3 is 0 Å². The predicted molar refractivity (Wildman–Crippen MR) is 87.8 cm³/mol. The molecule has 0 aromatic heterocycles. The molecule has 6 heteroatoms. The minimum atomic E-state index is -3.50. The SMILES string of the molecule is CCCCC(CC)CNS(=O)(=O)c1ccc(Cl)c(CN)c1. The normalized spacial score (nSPS) is 13.3. The van der Waals surface area contributed by atoms with Crippen molar-refractivity contribution in [1.82, 2.24) is 4.72 Å². The van der Waals surface area contributed by atoms with Crippen LogP contribution in [0, 0.1) is 5.92 Å². The minimum absolute atomic E-state index is 0.219. The second-order valence-corrected chi connectivity index (χ2v) is 7.40. The molecule has 0 aliphatic heterocycles. The summed E-state index contributed by atoms with van der Waals surface area (Å²) in [6.07, 6.45) is 4.26. The van der Waals surface area contributed by atoms with Gasteiger partial charge < -0.3 is 5.73 Å². The molecule has 1 atom stereocenters. The van der Waals surface area contributed by atoms with E-state index in [1.165, 1.54) is 12.1 Å². The Morgan fingerprint density at radius 3 is 2.62 bits per heavy atom. The molecule has 0 bridgehead atoms. The van der Waals surface area contributed by atoms with Crippen LogP contribution in [0.1, 0.15) is 45.1 Å². The fourth-order valence-corrected chi connectivity index (χ4v) is 3.49. The van der Waals surface area contributed by atoms with Gasteiger partial charge in [-0.25, -0.2) is 13.1 Å². The molecule has 21 heavy (non-hydrogen) atoms. The van der Waals surface area contributed by atoms with Gasteiger partial charge in [0.2, 0.25) is 10.0 Å². The van der Waals surface area contributed by atoms with E-state index in [4.69, 9.17) is 17.3 Å². The Bertz CT molecular complexity index is 547. The third-order valence-corrected chi connectivity index (χ3v) is 5.44. The van der Waals surface area contributed by atoms with Gasteiger partial charge in [-0.1, -0.05) is 44.7 Å². The van der Waals surface area contributed by atoms with Crippen LogP contribution in [0.5, 0.6) is 0 Å². The Hall–Kier alpha value is -0.620. The molecule has 1 unspecified atom stereocenters. The van der Waals surface area contributed by atoms with E-state index in [0.717, 1.165) is 25.7 Å². The van der Waals surface area contributed by atoms with E-state index in [2.05, 4.69) is 18.6 Å². The molecular formula is C15H25ClN2O2S. The molecule has 1 aromatic rings. The van der Waals surface area contributed by atoms with E-state index in [1.54, 1.807) is 6.07 Å². The van der Waals surface area contributed by atoms with Crippen molar-refractivity contribution >= 4 is 21.6 Å². The van der Waals surface area contributed by atoms with E-state index in [1.807, 2.05) is 0 Å². The number of benzene rings is 1. The quantitative estimate of drug-likeness (QED) is 0.728. The number of sulfonamides is 1. The van der Waals surface area contributed by atoms with Crippen molar-refractivity contribution in [2.24, 2.45) is 11.7 Å². The molecule has 120 valence electrons. The lowest BCUT2D eigenvalue weighted by Gasteiger charge is -2.16. The van der Waals surface area contributed by atoms with Crippen molar-refractivity contribution in [2.75, 3.05) is 6.54 Å². The summed E-state index contributed by atoms with van der Waals surface area (Å²) in [6.45, 7) is 4.91. The molecule has 0 aliphatic rings. The van der Waals surface area contributed by atoms with E-state index in [9.17, 15) is 8.42 Å². The van der Waals surface area contributed by atoms with Crippen molar-refractivity contribution < 1.29 is 8.42 Å². The molecule has 4 nitrogen and oxygen atoms in total. The molecule has 0 saturated heterocycles. The third-order valence-electron chi connectivity index (χ3n) is 3.65. The molecule has 3 N–H and O–H groups in total. The molecule has 1 aromatic carbocycles. The minimum Gasteiger partial charge on any atom is -0.326 e. The Kier molecular flexibility index (Phi) is 7.66. The molecular weight excluding hydrogens is 308 g/mol. The van der Waals surface area contributed by atoms with Gasteiger partial charge in [0.1, 0.15) is 0 Å². The highest BCUT2D eigenvalue weighted by molar-refractivity contribution is 7.89. The molecule has 0 radical (unpaired) electrons. The number of halogens is 1. The monoisotopic (exact) mass is 332 g/mol. The number of rotatable bonds is 9. The zero-order valence-corrected chi connectivity index (χ0v) is 14.3. The Labute approximate surface area is 133 Å². The van der Waals surface area contributed by atoms with Gasteiger partial charge in [-0.05, 0) is 36.1 Å². The highest BCUT2D eigenvalue weighted by Crippen LogP contribution is 2.20. The first-order valence-electron chi connectivity index (χ1n) is 7.42. The fourth-order valence-electron chi connectivity index (χ4n) is 2.13. The van der Waals surface area contributed by atoms with Crippen LogP contribution in [0.25, 0.3) is 0 Å². The van der Waals surface area contributed by atoms with Crippen LogP contribution in [-0.2, 0) is 16.6 Å². The van der Waals surface area contributed by atoms with Gasteiger partial charge in [-0.3, -0.25) is 0 Å². The molecule has 0 spiro atoms. The van der Waals surface area contributed by atoms with Crippen LogP contribution in [-0.4, -0.2) is 15.0 Å². The van der Waals surface area contributed by atoms with Gasteiger partial charge in [0, 0.05) is 18.1 Å². The summed E-state index contributed by atoms with van der Waals surface area (Å²) >= 11 is 5.96.